The second kappa shape index (κ2) is 5.87. The molecule has 3 nitrogen and oxygen atoms in total. The summed E-state index contributed by atoms with van der Waals surface area (Å²) >= 11 is 7.35. The van der Waals surface area contributed by atoms with Crippen LogP contribution in [-0.4, -0.2) is 9.55 Å². The third-order valence-corrected chi connectivity index (χ3v) is 4.42. The number of aromatic nitrogens is 2. The van der Waals surface area contributed by atoms with Crippen molar-refractivity contribution in [3.05, 3.63) is 69.6 Å². The Balaban J connectivity index is 1.97. The number of benzene rings is 1. The predicted octanol–water partition coefficient (Wildman–Crippen LogP) is 4.48. The lowest BCUT2D eigenvalue weighted by molar-refractivity contribution is 0.628. The van der Waals surface area contributed by atoms with Gasteiger partial charge in [0.2, 0.25) is 0 Å². The average molecular weight is 322 g/mol. The van der Waals surface area contributed by atoms with Gasteiger partial charge in [0.15, 0.2) is 0 Å². The minimum absolute atomic E-state index is 0.116. The quantitative estimate of drug-likeness (QED) is 0.768. The van der Waals surface area contributed by atoms with Crippen molar-refractivity contribution in [3.8, 4) is 0 Å². The van der Waals surface area contributed by atoms with E-state index >= 15 is 0 Å². The zero-order valence-electron chi connectivity index (χ0n) is 11.3. The summed E-state index contributed by atoms with van der Waals surface area (Å²) in [5.74, 6) is 0.430. The van der Waals surface area contributed by atoms with Gasteiger partial charge in [0.1, 0.15) is 17.7 Å². The molecule has 0 aliphatic rings. The van der Waals surface area contributed by atoms with Gasteiger partial charge in [-0.1, -0.05) is 17.7 Å². The normalized spacial score (nSPS) is 12.3. The third kappa shape index (κ3) is 2.94. The second-order valence-corrected chi connectivity index (χ2v) is 6.00. The van der Waals surface area contributed by atoms with Crippen LogP contribution in [0.5, 0.6) is 0 Å². The van der Waals surface area contributed by atoms with Gasteiger partial charge in [0.05, 0.1) is 5.02 Å². The smallest absolute Gasteiger partial charge is 0.143 e. The summed E-state index contributed by atoms with van der Waals surface area (Å²) in [7, 11) is 1.94. The Morgan fingerprint density at radius 2 is 2.24 bits per heavy atom. The summed E-state index contributed by atoms with van der Waals surface area (Å²) in [6.07, 6.45) is 3.64. The first kappa shape index (κ1) is 14.1. The molecule has 6 heteroatoms. The molecule has 1 N–H and O–H groups in total. The van der Waals surface area contributed by atoms with Gasteiger partial charge < -0.3 is 9.88 Å². The molecule has 2 aromatic heterocycles. The number of halogens is 2. The van der Waals surface area contributed by atoms with Crippen molar-refractivity contribution < 1.29 is 4.39 Å². The van der Waals surface area contributed by atoms with Crippen molar-refractivity contribution in [1.82, 2.24) is 9.55 Å². The van der Waals surface area contributed by atoms with Crippen LogP contribution in [0.1, 0.15) is 16.7 Å². The number of hydrogen-bond donors (Lipinski definition) is 1. The van der Waals surface area contributed by atoms with Gasteiger partial charge in [0.25, 0.3) is 0 Å². The number of anilines is 1. The average Bonchev–Trinajstić information content (AvgIpc) is 3.12. The highest BCUT2D eigenvalue weighted by Gasteiger charge is 2.19. The van der Waals surface area contributed by atoms with E-state index in [1.54, 1.807) is 29.7 Å². The van der Waals surface area contributed by atoms with Crippen molar-refractivity contribution >= 4 is 28.6 Å². The van der Waals surface area contributed by atoms with Crippen molar-refractivity contribution in [2.75, 3.05) is 5.32 Å². The van der Waals surface area contributed by atoms with Crippen LogP contribution in [0.4, 0.5) is 10.1 Å². The van der Waals surface area contributed by atoms with Crippen LogP contribution >= 0.6 is 22.9 Å². The highest BCUT2D eigenvalue weighted by Crippen LogP contribution is 2.29. The van der Waals surface area contributed by atoms with Gasteiger partial charge in [-0.25, -0.2) is 9.37 Å². The Bertz CT molecular complexity index is 739. The minimum Gasteiger partial charge on any atom is -0.371 e. The number of rotatable bonds is 4. The molecule has 0 saturated carbocycles. The highest BCUT2D eigenvalue weighted by atomic mass is 35.5. The fourth-order valence-electron chi connectivity index (χ4n) is 2.13. The summed E-state index contributed by atoms with van der Waals surface area (Å²) < 4.78 is 15.6. The number of thiophene rings is 1. The molecule has 1 atom stereocenters. The molecule has 0 spiro atoms. The maximum atomic E-state index is 13.6. The van der Waals surface area contributed by atoms with E-state index in [1.165, 1.54) is 6.07 Å². The lowest BCUT2D eigenvalue weighted by atomic mass is 10.2. The van der Waals surface area contributed by atoms with E-state index in [2.05, 4.69) is 10.3 Å². The van der Waals surface area contributed by atoms with E-state index in [9.17, 15) is 4.39 Å². The van der Waals surface area contributed by atoms with Crippen molar-refractivity contribution in [1.29, 1.82) is 0 Å². The fourth-order valence-corrected chi connectivity index (χ4v) is 3.02. The largest absolute Gasteiger partial charge is 0.371 e. The number of imidazole rings is 1. The molecule has 3 aromatic rings. The SMILES string of the molecule is Cn1ccnc1C(Nc1ccc(Cl)c(F)c1)c1cccs1. The predicted molar refractivity (Wildman–Crippen MR) is 84.4 cm³/mol. The standard InChI is InChI=1S/C15H13ClFN3S/c1-20-7-6-18-15(20)14(13-3-2-8-21-13)19-10-4-5-11(16)12(17)9-10/h2-9,14,19H,1H3. The van der Waals surface area contributed by atoms with Gasteiger partial charge in [-0.3, -0.25) is 0 Å². The van der Waals surface area contributed by atoms with Gasteiger partial charge >= 0.3 is 0 Å². The van der Waals surface area contributed by atoms with E-state index in [4.69, 9.17) is 11.6 Å². The molecular formula is C15H13ClFN3S. The number of nitrogens with zero attached hydrogens (tertiary/aromatic N) is 2. The molecule has 0 amide bonds. The molecule has 108 valence electrons. The number of nitrogens with one attached hydrogen (secondary N) is 1. The molecule has 0 fully saturated rings. The molecule has 2 heterocycles. The Labute approximate surface area is 131 Å². The van der Waals surface area contributed by atoms with Crippen molar-refractivity contribution in [2.24, 2.45) is 7.05 Å². The van der Waals surface area contributed by atoms with Crippen molar-refractivity contribution in [3.63, 3.8) is 0 Å². The van der Waals surface area contributed by atoms with Gasteiger partial charge in [-0.05, 0) is 29.6 Å². The molecule has 0 bridgehead atoms. The van der Waals surface area contributed by atoms with Crippen LogP contribution in [-0.2, 0) is 7.05 Å². The maximum absolute atomic E-state index is 13.6. The Morgan fingerprint density at radius 3 is 2.86 bits per heavy atom. The van der Waals surface area contributed by atoms with Crippen LogP contribution in [0.3, 0.4) is 0 Å². The first-order valence-corrected chi connectivity index (χ1v) is 7.63. The van der Waals surface area contributed by atoms with E-state index < -0.39 is 5.82 Å². The molecule has 21 heavy (non-hydrogen) atoms. The minimum atomic E-state index is -0.438. The van der Waals surface area contributed by atoms with Crippen LogP contribution in [0.25, 0.3) is 0 Å². The van der Waals surface area contributed by atoms with Crippen LogP contribution in [0.15, 0.2) is 48.1 Å². The molecule has 0 aliphatic carbocycles. The summed E-state index contributed by atoms with van der Waals surface area (Å²) in [6.45, 7) is 0. The fraction of sp³-hybridized carbons (Fsp3) is 0.133. The third-order valence-electron chi connectivity index (χ3n) is 3.17. The zero-order chi connectivity index (χ0) is 14.8. The van der Waals surface area contributed by atoms with Crippen LogP contribution < -0.4 is 5.32 Å². The first-order valence-electron chi connectivity index (χ1n) is 6.37. The topological polar surface area (TPSA) is 29.9 Å². The Kier molecular flexibility index (Phi) is 3.94. The van der Waals surface area contributed by atoms with Gasteiger partial charge in [-0.2, -0.15) is 0 Å². The number of hydrogen-bond acceptors (Lipinski definition) is 3. The lowest BCUT2D eigenvalue weighted by Crippen LogP contribution is -2.15. The van der Waals surface area contributed by atoms with Crippen molar-refractivity contribution in [2.45, 2.75) is 6.04 Å². The molecule has 0 radical (unpaired) electrons. The summed E-state index contributed by atoms with van der Waals surface area (Å²) in [5.41, 5.74) is 0.665. The first-order chi connectivity index (χ1) is 10.1. The molecule has 0 aliphatic heterocycles. The molecule has 1 aromatic carbocycles. The Hall–Kier alpha value is -1.85. The summed E-state index contributed by atoms with van der Waals surface area (Å²) in [4.78, 5) is 5.51. The second-order valence-electron chi connectivity index (χ2n) is 4.62. The lowest BCUT2D eigenvalue weighted by Gasteiger charge is -2.18. The molecular weight excluding hydrogens is 309 g/mol. The summed E-state index contributed by atoms with van der Waals surface area (Å²) in [5, 5.41) is 5.45. The van der Waals surface area contributed by atoms with Gasteiger partial charge in [0, 0.05) is 30.0 Å². The van der Waals surface area contributed by atoms with E-state index in [1.807, 2.05) is 35.3 Å². The highest BCUT2D eigenvalue weighted by molar-refractivity contribution is 7.10. The summed E-state index contributed by atoms with van der Waals surface area (Å²) in [6, 6.07) is 8.58. The van der Waals surface area contributed by atoms with Crippen LogP contribution in [0, 0.1) is 5.82 Å². The van der Waals surface area contributed by atoms with Gasteiger partial charge in [-0.15, -0.1) is 11.3 Å². The van der Waals surface area contributed by atoms with E-state index in [0.717, 1.165) is 10.7 Å². The molecule has 3 rings (SSSR count). The van der Waals surface area contributed by atoms with Crippen LogP contribution in [0.2, 0.25) is 5.02 Å². The zero-order valence-corrected chi connectivity index (χ0v) is 12.8. The Morgan fingerprint density at radius 1 is 1.38 bits per heavy atom. The van der Waals surface area contributed by atoms with E-state index in [-0.39, 0.29) is 11.1 Å². The maximum Gasteiger partial charge on any atom is 0.143 e. The number of aryl methyl sites for hydroxylation is 1. The monoisotopic (exact) mass is 321 g/mol. The van der Waals surface area contributed by atoms with E-state index in [0.29, 0.717) is 5.69 Å². The molecule has 1 unspecified atom stereocenters. The molecule has 0 saturated heterocycles.